The fourth-order valence-electron chi connectivity index (χ4n) is 1.32. The molecule has 1 aromatic heterocycles. The summed E-state index contributed by atoms with van der Waals surface area (Å²) in [5, 5.41) is 3.26. The van der Waals surface area contributed by atoms with Gasteiger partial charge in [0.25, 0.3) is 0 Å². The normalized spacial score (nSPS) is 12.8. The average molecular weight is 401 g/mol. The molecule has 0 amide bonds. The average Bonchev–Trinajstić information content (AvgIpc) is 2.68. The van der Waals surface area contributed by atoms with Crippen LogP contribution in [0.4, 0.5) is 0 Å². The van der Waals surface area contributed by atoms with E-state index in [1.807, 2.05) is 18.2 Å². The fourth-order valence-corrected chi connectivity index (χ4v) is 3.55. The van der Waals surface area contributed by atoms with Gasteiger partial charge in [-0.15, -0.1) is 11.3 Å². The third-order valence-electron chi connectivity index (χ3n) is 2.12. The van der Waals surface area contributed by atoms with Crippen LogP contribution in [-0.4, -0.2) is 0 Å². The molecule has 16 heavy (non-hydrogen) atoms. The highest BCUT2D eigenvalue weighted by molar-refractivity contribution is 9.11. The minimum absolute atomic E-state index is 0.143. The van der Waals surface area contributed by atoms with E-state index >= 15 is 0 Å². The highest BCUT2D eigenvalue weighted by atomic mass is 79.9. The van der Waals surface area contributed by atoms with E-state index in [1.165, 1.54) is 5.56 Å². The van der Waals surface area contributed by atoms with Gasteiger partial charge in [-0.25, -0.2) is 0 Å². The molecule has 0 nitrogen and oxygen atoms in total. The van der Waals surface area contributed by atoms with Gasteiger partial charge in [-0.2, -0.15) is 0 Å². The highest BCUT2D eigenvalue weighted by Gasteiger charge is 2.13. The van der Waals surface area contributed by atoms with Crippen molar-refractivity contribution >= 4 is 66.4 Å². The van der Waals surface area contributed by atoms with Crippen LogP contribution in [0.15, 0.2) is 33.4 Å². The molecule has 0 spiro atoms. The first-order valence-electron chi connectivity index (χ1n) is 4.41. The van der Waals surface area contributed by atoms with Crippen molar-refractivity contribution in [1.82, 2.24) is 0 Å². The Morgan fingerprint density at radius 1 is 1.06 bits per heavy atom. The topological polar surface area (TPSA) is 0 Å². The number of benzene rings is 1. The van der Waals surface area contributed by atoms with Crippen molar-refractivity contribution in [3.8, 4) is 0 Å². The lowest BCUT2D eigenvalue weighted by atomic mass is 10.1. The van der Waals surface area contributed by atoms with Gasteiger partial charge in [0.15, 0.2) is 0 Å². The van der Waals surface area contributed by atoms with Crippen molar-refractivity contribution in [3.63, 3.8) is 0 Å². The maximum Gasteiger partial charge on any atom is 0.0701 e. The number of rotatable bonds is 2. The van der Waals surface area contributed by atoms with Gasteiger partial charge in [0, 0.05) is 0 Å². The Morgan fingerprint density at radius 3 is 2.38 bits per heavy atom. The van der Waals surface area contributed by atoms with E-state index in [2.05, 4.69) is 43.3 Å². The molecule has 0 bridgehead atoms. The van der Waals surface area contributed by atoms with Crippen LogP contribution in [-0.2, 0) is 0 Å². The summed E-state index contributed by atoms with van der Waals surface area (Å²) in [5.74, 6) is 0. The zero-order chi connectivity index (χ0) is 11.7. The molecular formula is C11H6Br2Cl2S. The molecule has 0 aliphatic rings. The van der Waals surface area contributed by atoms with E-state index in [-0.39, 0.29) is 4.83 Å². The van der Waals surface area contributed by atoms with Gasteiger partial charge in [-0.3, -0.25) is 0 Å². The molecule has 84 valence electrons. The predicted molar refractivity (Wildman–Crippen MR) is 79.3 cm³/mol. The van der Waals surface area contributed by atoms with E-state index in [1.54, 1.807) is 11.3 Å². The minimum atomic E-state index is 0.143. The van der Waals surface area contributed by atoms with Crippen molar-refractivity contribution in [2.75, 3.05) is 0 Å². The van der Waals surface area contributed by atoms with Gasteiger partial charge in [-0.1, -0.05) is 45.2 Å². The summed E-state index contributed by atoms with van der Waals surface area (Å²) in [4.78, 5) is 0.143. The van der Waals surface area contributed by atoms with Crippen LogP contribution in [0.2, 0.25) is 10.0 Å². The van der Waals surface area contributed by atoms with Gasteiger partial charge >= 0.3 is 0 Å². The molecule has 0 aliphatic heterocycles. The Labute approximate surface area is 125 Å². The molecule has 1 heterocycles. The minimum Gasteiger partial charge on any atom is -0.136 e. The summed E-state index contributed by atoms with van der Waals surface area (Å²) in [6.07, 6.45) is 0. The maximum absolute atomic E-state index is 5.99. The van der Waals surface area contributed by atoms with Crippen molar-refractivity contribution in [2.45, 2.75) is 4.83 Å². The van der Waals surface area contributed by atoms with Gasteiger partial charge in [0.2, 0.25) is 0 Å². The van der Waals surface area contributed by atoms with E-state index in [4.69, 9.17) is 23.2 Å². The quantitative estimate of drug-likeness (QED) is 0.519. The Bertz CT molecular complexity index is 510. The molecule has 5 heteroatoms. The number of thiophene rings is 1. The van der Waals surface area contributed by atoms with Crippen molar-refractivity contribution in [3.05, 3.63) is 54.6 Å². The molecule has 0 radical (unpaired) electrons. The predicted octanol–water partition coefficient (Wildman–Crippen LogP) is 6.30. The van der Waals surface area contributed by atoms with Gasteiger partial charge < -0.3 is 0 Å². The molecular weight excluding hydrogens is 395 g/mol. The van der Waals surface area contributed by atoms with E-state index in [0.717, 1.165) is 9.35 Å². The summed E-state index contributed by atoms with van der Waals surface area (Å²) in [7, 11) is 0. The molecule has 0 N–H and O–H groups in total. The van der Waals surface area contributed by atoms with Crippen molar-refractivity contribution < 1.29 is 0 Å². The second-order valence-electron chi connectivity index (χ2n) is 3.22. The number of hydrogen-bond acceptors (Lipinski definition) is 1. The van der Waals surface area contributed by atoms with Gasteiger partial charge in [-0.05, 0) is 50.6 Å². The molecule has 0 aliphatic carbocycles. The standard InChI is InChI=1S/C11H6Br2Cl2S/c12-10-4-7(5-16-10)11(13)6-1-2-8(14)9(15)3-6/h1-5,11H. The lowest BCUT2D eigenvalue weighted by Gasteiger charge is -2.09. The molecule has 1 atom stereocenters. The van der Waals surface area contributed by atoms with Crippen LogP contribution >= 0.6 is 66.4 Å². The Morgan fingerprint density at radius 2 is 1.81 bits per heavy atom. The Kier molecular flexibility index (Phi) is 4.36. The van der Waals surface area contributed by atoms with Gasteiger partial charge in [0.05, 0.1) is 18.7 Å². The zero-order valence-corrected chi connectivity index (χ0v) is 13.4. The molecule has 1 aromatic carbocycles. The number of hydrogen-bond donors (Lipinski definition) is 0. The largest absolute Gasteiger partial charge is 0.136 e. The summed E-state index contributed by atoms with van der Waals surface area (Å²) in [6, 6.07) is 7.76. The molecule has 0 saturated heterocycles. The number of alkyl halides is 1. The van der Waals surface area contributed by atoms with Crippen LogP contribution in [0.5, 0.6) is 0 Å². The Hall–Kier alpha value is 0.460. The molecule has 2 rings (SSSR count). The lowest BCUT2D eigenvalue weighted by molar-refractivity contribution is 1.19. The van der Waals surface area contributed by atoms with E-state index in [9.17, 15) is 0 Å². The van der Waals surface area contributed by atoms with Crippen LogP contribution in [0, 0.1) is 0 Å². The lowest BCUT2D eigenvalue weighted by Crippen LogP contribution is -1.90. The third-order valence-corrected chi connectivity index (χ3v) is 5.44. The van der Waals surface area contributed by atoms with E-state index < -0.39 is 0 Å². The second-order valence-corrected chi connectivity index (χ2v) is 7.24. The van der Waals surface area contributed by atoms with Crippen LogP contribution in [0.1, 0.15) is 16.0 Å². The van der Waals surface area contributed by atoms with Crippen LogP contribution < -0.4 is 0 Å². The monoisotopic (exact) mass is 398 g/mol. The van der Waals surface area contributed by atoms with Crippen molar-refractivity contribution in [2.24, 2.45) is 0 Å². The first-order chi connectivity index (χ1) is 7.58. The third kappa shape index (κ3) is 2.82. The molecule has 0 saturated carbocycles. The van der Waals surface area contributed by atoms with Crippen molar-refractivity contribution in [1.29, 1.82) is 0 Å². The highest BCUT2D eigenvalue weighted by Crippen LogP contribution is 2.37. The first-order valence-corrected chi connectivity index (χ1v) is 7.75. The summed E-state index contributed by atoms with van der Waals surface area (Å²) in [6.45, 7) is 0. The smallest absolute Gasteiger partial charge is 0.0701 e. The molecule has 1 unspecified atom stereocenters. The summed E-state index contributed by atoms with van der Waals surface area (Å²) < 4.78 is 1.12. The maximum atomic E-state index is 5.99. The van der Waals surface area contributed by atoms with Crippen LogP contribution in [0.25, 0.3) is 0 Å². The molecule has 2 aromatic rings. The SMILES string of the molecule is Clc1ccc(C(Br)c2csc(Br)c2)cc1Cl. The number of halogens is 4. The fraction of sp³-hybridized carbons (Fsp3) is 0.0909. The summed E-state index contributed by atoms with van der Waals surface area (Å²) >= 11 is 20.6. The Balaban J connectivity index is 2.33. The molecule has 0 fully saturated rings. The first kappa shape index (κ1) is 12.9. The van der Waals surface area contributed by atoms with E-state index in [0.29, 0.717) is 10.0 Å². The summed E-state index contributed by atoms with van der Waals surface area (Å²) in [5.41, 5.74) is 2.30. The van der Waals surface area contributed by atoms with Gasteiger partial charge in [0.1, 0.15) is 0 Å². The van der Waals surface area contributed by atoms with Crippen LogP contribution in [0.3, 0.4) is 0 Å². The zero-order valence-electron chi connectivity index (χ0n) is 7.88. The second kappa shape index (κ2) is 5.40.